The molecule has 0 saturated carbocycles. The molecule has 0 fully saturated rings. The molecule has 4 nitrogen and oxygen atoms in total. The van der Waals surface area contributed by atoms with Gasteiger partial charge >= 0.3 is 0 Å². The Labute approximate surface area is 88.5 Å². The van der Waals surface area contributed by atoms with Crippen molar-refractivity contribution in [1.82, 2.24) is 4.68 Å². The van der Waals surface area contributed by atoms with E-state index in [4.69, 9.17) is 5.26 Å². The zero-order valence-electron chi connectivity index (χ0n) is 9.33. The van der Waals surface area contributed by atoms with E-state index in [0.29, 0.717) is 5.56 Å². The molecule has 0 aliphatic rings. The van der Waals surface area contributed by atoms with E-state index in [0.717, 1.165) is 11.4 Å². The molecule has 1 rings (SSSR count). The second-order valence-corrected chi connectivity index (χ2v) is 3.62. The molecule has 1 heterocycles. The number of aromatic nitrogens is 1. The highest BCUT2D eigenvalue weighted by atomic mass is 16.1. The third kappa shape index (κ3) is 2.13. The molecule has 0 aliphatic heterocycles. The Morgan fingerprint density at radius 3 is 2.53 bits per heavy atom. The van der Waals surface area contributed by atoms with Gasteiger partial charge in [0.2, 0.25) is 0 Å². The Hall–Kier alpha value is -1.89. The lowest BCUT2D eigenvalue weighted by atomic mass is 10.1. The van der Waals surface area contributed by atoms with Gasteiger partial charge in [-0.25, -0.2) is 4.68 Å². The zero-order valence-corrected chi connectivity index (χ0v) is 9.33. The molecule has 15 heavy (non-hydrogen) atoms. The van der Waals surface area contributed by atoms with Crippen LogP contribution in [0.1, 0.15) is 30.7 Å². The first-order valence-electron chi connectivity index (χ1n) is 4.63. The fraction of sp³-hybridized carbons (Fsp3) is 0.364. The lowest BCUT2D eigenvalue weighted by Crippen LogP contribution is -2.23. The molecule has 1 aromatic heterocycles. The lowest BCUT2D eigenvalue weighted by molar-refractivity contribution is 0.780. The van der Waals surface area contributed by atoms with E-state index in [1.165, 1.54) is 4.68 Å². The molecule has 0 amide bonds. The van der Waals surface area contributed by atoms with Crippen molar-refractivity contribution in [3.63, 3.8) is 0 Å². The number of pyridine rings is 1. The largest absolute Gasteiger partial charge is 0.289 e. The minimum absolute atomic E-state index is 0.158. The number of rotatable bonds is 1. The lowest BCUT2D eigenvalue weighted by Gasteiger charge is -2.06. The Bertz CT molecular complexity index is 514. The van der Waals surface area contributed by atoms with Crippen molar-refractivity contribution in [2.75, 3.05) is 0 Å². The van der Waals surface area contributed by atoms with Crippen molar-refractivity contribution in [2.45, 2.75) is 27.7 Å². The van der Waals surface area contributed by atoms with E-state index in [-0.39, 0.29) is 11.1 Å². The SMILES string of the molecule is CC(C)=Nn1c(C)cc(C)c(C#N)c1=O. The van der Waals surface area contributed by atoms with Gasteiger partial charge in [0.1, 0.15) is 11.6 Å². The number of aryl methyl sites for hydroxylation is 2. The summed E-state index contributed by atoms with van der Waals surface area (Å²) in [5.74, 6) is 0. The van der Waals surface area contributed by atoms with Gasteiger partial charge in [0.15, 0.2) is 0 Å². The summed E-state index contributed by atoms with van der Waals surface area (Å²) in [5.41, 5.74) is 2.01. The fourth-order valence-electron chi connectivity index (χ4n) is 1.34. The molecule has 0 spiro atoms. The zero-order chi connectivity index (χ0) is 11.6. The number of hydrogen-bond acceptors (Lipinski definition) is 3. The predicted octanol–water partition coefficient (Wildman–Crippen LogP) is 1.58. The average Bonchev–Trinajstić information content (AvgIpc) is 2.12. The van der Waals surface area contributed by atoms with Crippen LogP contribution in [-0.2, 0) is 0 Å². The fourth-order valence-corrected chi connectivity index (χ4v) is 1.34. The molecular formula is C11H13N3O. The van der Waals surface area contributed by atoms with E-state index < -0.39 is 0 Å². The van der Waals surface area contributed by atoms with Crippen molar-refractivity contribution < 1.29 is 0 Å². The molecule has 0 aromatic carbocycles. The molecule has 0 bridgehead atoms. The summed E-state index contributed by atoms with van der Waals surface area (Å²) in [6.07, 6.45) is 0. The molecule has 0 unspecified atom stereocenters. The third-order valence-corrected chi connectivity index (χ3v) is 1.97. The van der Waals surface area contributed by atoms with Crippen LogP contribution in [0.25, 0.3) is 0 Å². The van der Waals surface area contributed by atoms with Gasteiger partial charge in [0.25, 0.3) is 5.56 Å². The average molecular weight is 203 g/mol. The summed E-state index contributed by atoms with van der Waals surface area (Å²) in [7, 11) is 0. The van der Waals surface area contributed by atoms with Gasteiger partial charge in [-0.05, 0) is 39.3 Å². The summed E-state index contributed by atoms with van der Waals surface area (Å²) >= 11 is 0. The predicted molar refractivity (Wildman–Crippen MR) is 59.1 cm³/mol. The van der Waals surface area contributed by atoms with Crippen LogP contribution in [0.3, 0.4) is 0 Å². The van der Waals surface area contributed by atoms with Gasteiger partial charge in [0, 0.05) is 11.4 Å². The summed E-state index contributed by atoms with van der Waals surface area (Å²) in [5, 5.41) is 12.9. The Kier molecular flexibility index (Phi) is 3.05. The van der Waals surface area contributed by atoms with Crippen molar-refractivity contribution in [1.29, 1.82) is 5.26 Å². The van der Waals surface area contributed by atoms with Gasteiger partial charge in [-0.3, -0.25) is 4.79 Å². The highest BCUT2D eigenvalue weighted by Gasteiger charge is 2.08. The van der Waals surface area contributed by atoms with Gasteiger partial charge in [-0.2, -0.15) is 10.4 Å². The smallest absolute Gasteiger partial charge is 0.266 e. The monoisotopic (exact) mass is 203 g/mol. The first-order valence-corrected chi connectivity index (χ1v) is 4.63. The Balaban J connectivity index is 3.63. The minimum atomic E-state index is -0.351. The van der Waals surface area contributed by atoms with E-state index in [9.17, 15) is 4.79 Å². The van der Waals surface area contributed by atoms with Crippen LogP contribution < -0.4 is 5.56 Å². The van der Waals surface area contributed by atoms with Crippen molar-refractivity contribution in [3.8, 4) is 6.07 Å². The van der Waals surface area contributed by atoms with E-state index in [1.807, 2.05) is 6.07 Å². The standard InChI is InChI=1S/C11H13N3O/c1-7(2)13-14-9(4)5-8(3)10(6-12)11(14)15/h5H,1-4H3. The van der Waals surface area contributed by atoms with E-state index in [1.54, 1.807) is 33.8 Å². The summed E-state index contributed by atoms with van der Waals surface area (Å²) in [6, 6.07) is 3.69. The van der Waals surface area contributed by atoms with Crippen molar-refractivity contribution >= 4 is 5.71 Å². The summed E-state index contributed by atoms with van der Waals surface area (Å²) in [6.45, 7) is 7.15. The van der Waals surface area contributed by atoms with Gasteiger partial charge in [0.05, 0.1) is 0 Å². The molecule has 1 aromatic rings. The van der Waals surface area contributed by atoms with Crippen LogP contribution in [0.2, 0.25) is 0 Å². The van der Waals surface area contributed by atoms with Gasteiger partial charge in [-0.15, -0.1) is 0 Å². The number of nitriles is 1. The summed E-state index contributed by atoms with van der Waals surface area (Å²) in [4.78, 5) is 11.8. The summed E-state index contributed by atoms with van der Waals surface area (Å²) < 4.78 is 1.26. The highest BCUT2D eigenvalue weighted by molar-refractivity contribution is 5.78. The number of hydrogen-bond donors (Lipinski definition) is 0. The molecule has 0 atom stereocenters. The third-order valence-electron chi connectivity index (χ3n) is 1.97. The first kappa shape index (κ1) is 11.2. The second kappa shape index (κ2) is 4.09. The minimum Gasteiger partial charge on any atom is -0.266 e. The normalized spacial score (nSPS) is 9.53. The van der Waals surface area contributed by atoms with E-state index >= 15 is 0 Å². The van der Waals surface area contributed by atoms with Crippen LogP contribution in [0, 0.1) is 25.2 Å². The topological polar surface area (TPSA) is 58.1 Å². The van der Waals surface area contributed by atoms with Crippen LogP contribution in [0.15, 0.2) is 16.0 Å². The first-order chi connectivity index (χ1) is 6.97. The maximum absolute atomic E-state index is 11.8. The van der Waals surface area contributed by atoms with Crippen molar-refractivity contribution in [2.24, 2.45) is 5.10 Å². The maximum Gasteiger partial charge on any atom is 0.289 e. The molecule has 4 heteroatoms. The van der Waals surface area contributed by atoms with Crippen LogP contribution in [0.4, 0.5) is 0 Å². The highest BCUT2D eigenvalue weighted by Crippen LogP contribution is 2.04. The van der Waals surface area contributed by atoms with Crippen LogP contribution in [0.5, 0.6) is 0 Å². The van der Waals surface area contributed by atoms with Gasteiger partial charge < -0.3 is 0 Å². The molecule has 0 N–H and O–H groups in total. The molecule has 0 aliphatic carbocycles. The molecular weight excluding hydrogens is 190 g/mol. The second-order valence-electron chi connectivity index (χ2n) is 3.62. The van der Waals surface area contributed by atoms with Crippen molar-refractivity contribution in [3.05, 3.63) is 33.2 Å². The Morgan fingerprint density at radius 2 is 2.07 bits per heavy atom. The molecule has 0 radical (unpaired) electrons. The molecule has 0 saturated heterocycles. The maximum atomic E-state index is 11.8. The Morgan fingerprint density at radius 1 is 1.47 bits per heavy atom. The molecule has 78 valence electrons. The quantitative estimate of drug-likeness (QED) is 0.650. The van der Waals surface area contributed by atoms with E-state index in [2.05, 4.69) is 5.10 Å². The van der Waals surface area contributed by atoms with Crippen LogP contribution in [-0.4, -0.2) is 10.4 Å². The van der Waals surface area contributed by atoms with Crippen LogP contribution >= 0.6 is 0 Å². The van der Waals surface area contributed by atoms with Gasteiger partial charge in [-0.1, -0.05) is 0 Å². The number of nitrogens with zero attached hydrogens (tertiary/aromatic N) is 3.